The Balaban J connectivity index is 1.36. The van der Waals surface area contributed by atoms with Crippen molar-refractivity contribution < 1.29 is 4.42 Å². The Hall–Kier alpha value is -3.09. The second-order valence-electron chi connectivity index (χ2n) is 6.94. The van der Waals surface area contributed by atoms with Crippen LogP contribution >= 0.6 is 0 Å². The highest BCUT2D eigenvalue weighted by Gasteiger charge is 2.15. The Morgan fingerprint density at radius 1 is 1.15 bits per heavy atom. The minimum atomic E-state index is 0.457. The molecule has 0 saturated carbocycles. The van der Waals surface area contributed by atoms with E-state index in [1.807, 2.05) is 12.1 Å². The zero-order valence-electron chi connectivity index (χ0n) is 15.4. The Morgan fingerprint density at radius 2 is 1.96 bits per heavy atom. The first-order valence-electron chi connectivity index (χ1n) is 9.34. The normalized spacial score (nSPS) is 14.9. The number of benzene rings is 1. The van der Waals surface area contributed by atoms with Crippen LogP contribution in [0.25, 0.3) is 0 Å². The Morgan fingerprint density at radius 3 is 2.70 bits per heavy atom. The topological polar surface area (TPSA) is 79.1 Å². The summed E-state index contributed by atoms with van der Waals surface area (Å²) < 4.78 is 5.30. The van der Waals surface area contributed by atoms with Crippen LogP contribution in [0.2, 0.25) is 0 Å². The monoisotopic (exact) mass is 364 g/mol. The lowest BCUT2D eigenvalue weighted by Gasteiger charge is -2.32. The molecule has 3 heterocycles. The van der Waals surface area contributed by atoms with Crippen molar-refractivity contribution in [3.05, 3.63) is 54.6 Å². The summed E-state index contributed by atoms with van der Waals surface area (Å²) in [7, 11) is 0. The third-order valence-corrected chi connectivity index (χ3v) is 4.85. The van der Waals surface area contributed by atoms with E-state index >= 15 is 0 Å². The molecule has 1 fully saturated rings. The fourth-order valence-corrected chi connectivity index (χ4v) is 3.18. The van der Waals surface area contributed by atoms with Crippen LogP contribution in [0.15, 0.2) is 53.3 Å². The summed E-state index contributed by atoms with van der Waals surface area (Å²) in [6.45, 7) is 5.14. The average molecular weight is 364 g/mol. The second kappa shape index (κ2) is 8.07. The van der Waals surface area contributed by atoms with Crippen LogP contribution in [0.5, 0.6) is 0 Å². The third kappa shape index (κ3) is 4.55. The number of furan rings is 1. The van der Waals surface area contributed by atoms with Crippen molar-refractivity contribution in [2.24, 2.45) is 5.92 Å². The summed E-state index contributed by atoms with van der Waals surface area (Å²) in [4.78, 5) is 6.89. The first-order valence-corrected chi connectivity index (χ1v) is 9.34. The van der Waals surface area contributed by atoms with Gasteiger partial charge in [0.1, 0.15) is 5.76 Å². The maximum atomic E-state index is 5.30. The molecule has 0 spiro atoms. The zero-order valence-corrected chi connectivity index (χ0v) is 15.4. The predicted octanol–water partition coefficient (Wildman–Crippen LogP) is 4.06. The molecule has 1 aliphatic heterocycles. The number of nitrogens with zero attached hydrogens (tertiary/aromatic N) is 4. The number of aromatic nitrogens is 3. The molecule has 2 aromatic heterocycles. The fraction of sp³-hybridized carbons (Fsp3) is 0.350. The zero-order chi connectivity index (χ0) is 18.5. The minimum Gasteiger partial charge on any atom is -0.467 e. The van der Waals surface area contributed by atoms with E-state index in [-0.39, 0.29) is 0 Å². The molecular formula is C20H24N6O. The summed E-state index contributed by atoms with van der Waals surface area (Å²) in [6, 6.07) is 12.2. The molecule has 27 heavy (non-hydrogen) atoms. The fourth-order valence-electron chi connectivity index (χ4n) is 3.18. The molecule has 4 rings (SSSR count). The average Bonchev–Trinajstić information content (AvgIpc) is 3.22. The Bertz CT molecular complexity index is 841. The predicted molar refractivity (Wildman–Crippen MR) is 106 cm³/mol. The maximum Gasteiger partial charge on any atom is 0.249 e. The van der Waals surface area contributed by atoms with Gasteiger partial charge in [-0.2, -0.15) is 10.1 Å². The number of nitrogens with one attached hydrogen (secondary N) is 2. The van der Waals surface area contributed by atoms with Crippen LogP contribution in [0.3, 0.4) is 0 Å². The van der Waals surface area contributed by atoms with Crippen molar-refractivity contribution in [3.63, 3.8) is 0 Å². The largest absolute Gasteiger partial charge is 0.467 e. The van der Waals surface area contributed by atoms with E-state index in [9.17, 15) is 0 Å². The van der Waals surface area contributed by atoms with E-state index in [2.05, 4.69) is 61.9 Å². The van der Waals surface area contributed by atoms with E-state index in [1.165, 1.54) is 18.5 Å². The van der Waals surface area contributed by atoms with Crippen molar-refractivity contribution in [1.82, 2.24) is 15.2 Å². The van der Waals surface area contributed by atoms with Crippen LogP contribution in [-0.2, 0) is 6.54 Å². The summed E-state index contributed by atoms with van der Waals surface area (Å²) in [6.07, 6.45) is 5.76. The van der Waals surface area contributed by atoms with Crippen LogP contribution in [0, 0.1) is 5.92 Å². The van der Waals surface area contributed by atoms with Crippen molar-refractivity contribution in [2.75, 3.05) is 28.6 Å². The van der Waals surface area contributed by atoms with Gasteiger partial charge in [-0.25, -0.2) is 0 Å². The molecule has 0 bridgehead atoms. The van der Waals surface area contributed by atoms with Crippen molar-refractivity contribution in [1.29, 1.82) is 0 Å². The molecule has 0 aliphatic carbocycles. The molecule has 140 valence electrons. The molecule has 2 N–H and O–H groups in total. The molecule has 1 saturated heterocycles. The molecule has 1 aromatic carbocycles. The lowest BCUT2D eigenvalue weighted by molar-refractivity contribution is 0.438. The molecule has 0 amide bonds. The smallest absolute Gasteiger partial charge is 0.249 e. The second-order valence-corrected chi connectivity index (χ2v) is 6.94. The number of anilines is 4. The van der Waals surface area contributed by atoms with E-state index in [1.54, 1.807) is 12.5 Å². The summed E-state index contributed by atoms with van der Waals surface area (Å²) >= 11 is 0. The van der Waals surface area contributed by atoms with Crippen LogP contribution in [-0.4, -0.2) is 28.3 Å². The Kier molecular flexibility index (Phi) is 5.18. The highest BCUT2D eigenvalue weighted by Crippen LogP contribution is 2.25. The van der Waals surface area contributed by atoms with Gasteiger partial charge >= 0.3 is 0 Å². The van der Waals surface area contributed by atoms with Crippen LogP contribution in [0.4, 0.5) is 23.1 Å². The highest BCUT2D eigenvalue weighted by molar-refractivity contribution is 5.59. The molecule has 7 nitrogen and oxygen atoms in total. The number of rotatable bonds is 6. The van der Waals surface area contributed by atoms with Crippen LogP contribution < -0.4 is 15.5 Å². The lowest BCUT2D eigenvalue weighted by Crippen LogP contribution is -2.32. The van der Waals surface area contributed by atoms with Gasteiger partial charge in [0.2, 0.25) is 5.95 Å². The SMILES string of the molecule is CC1CCN(c2ccc(Nc3nncc(NCc4ccco4)n3)cc2)CC1. The number of hydrogen-bond donors (Lipinski definition) is 2. The van der Waals surface area contributed by atoms with Gasteiger partial charge in [0.25, 0.3) is 0 Å². The van der Waals surface area contributed by atoms with E-state index in [0.717, 1.165) is 30.5 Å². The maximum absolute atomic E-state index is 5.30. The van der Waals surface area contributed by atoms with E-state index in [0.29, 0.717) is 18.3 Å². The van der Waals surface area contributed by atoms with Gasteiger partial charge in [-0.1, -0.05) is 6.92 Å². The quantitative estimate of drug-likeness (QED) is 0.683. The van der Waals surface area contributed by atoms with Gasteiger partial charge in [-0.05, 0) is 55.2 Å². The summed E-state index contributed by atoms with van der Waals surface area (Å²) in [5.74, 6) is 2.77. The molecule has 0 atom stereocenters. The van der Waals surface area contributed by atoms with Gasteiger partial charge in [-0.15, -0.1) is 5.10 Å². The molecular weight excluding hydrogens is 340 g/mol. The molecule has 0 radical (unpaired) electrons. The molecule has 1 aliphatic rings. The van der Waals surface area contributed by atoms with E-state index < -0.39 is 0 Å². The van der Waals surface area contributed by atoms with Crippen LogP contribution in [0.1, 0.15) is 25.5 Å². The first-order chi connectivity index (χ1) is 13.3. The number of hydrogen-bond acceptors (Lipinski definition) is 7. The first kappa shape index (κ1) is 17.3. The van der Waals surface area contributed by atoms with Gasteiger partial charge in [0.15, 0.2) is 5.82 Å². The lowest BCUT2D eigenvalue weighted by atomic mass is 9.99. The standard InChI is InChI=1S/C20H24N6O/c1-15-8-10-26(11-9-15)17-6-4-16(5-7-17)23-20-24-19(14-22-25-20)21-13-18-3-2-12-27-18/h2-7,12,14-15H,8-11,13H2,1H3,(H2,21,23,24,25). The Labute approximate surface area is 158 Å². The van der Waals surface area contributed by atoms with Gasteiger partial charge < -0.3 is 20.0 Å². The highest BCUT2D eigenvalue weighted by atomic mass is 16.3. The summed E-state index contributed by atoms with van der Waals surface area (Å²) in [5.41, 5.74) is 2.20. The molecule has 0 unspecified atom stereocenters. The number of piperidine rings is 1. The third-order valence-electron chi connectivity index (χ3n) is 4.85. The van der Waals surface area contributed by atoms with Gasteiger partial charge in [-0.3, -0.25) is 0 Å². The van der Waals surface area contributed by atoms with Gasteiger partial charge in [0.05, 0.1) is 19.0 Å². The van der Waals surface area contributed by atoms with Crippen molar-refractivity contribution in [2.45, 2.75) is 26.3 Å². The summed E-state index contributed by atoms with van der Waals surface area (Å²) in [5, 5.41) is 14.4. The van der Waals surface area contributed by atoms with Crippen molar-refractivity contribution in [3.8, 4) is 0 Å². The molecule has 3 aromatic rings. The van der Waals surface area contributed by atoms with E-state index in [4.69, 9.17) is 4.42 Å². The van der Waals surface area contributed by atoms with Crippen molar-refractivity contribution >= 4 is 23.1 Å². The van der Waals surface area contributed by atoms with Gasteiger partial charge in [0, 0.05) is 24.5 Å². The molecule has 7 heteroatoms. The minimum absolute atomic E-state index is 0.457.